The van der Waals surface area contributed by atoms with E-state index < -0.39 is 11.6 Å². The van der Waals surface area contributed by atoms with Crippen LogP contribution < -0.4 is 5.73 Å². The maximum Gasteiger partial charge on any atom is 0.410 e. The van der Waals surface area contributed by atoms with Gasteiger partial charge in [-0.3, -0.25) is 4.79 Å². The smallest absolute Gasteiger partial charge is 0.410 e. The Morgan fingerprint density at radius 2 is 2.00 bits per heavy atom. The van der Waals surface area contributed by atoms with Crippen molar-refractivity contribution in [1.29, 1.82) is 0 Å². The van der Waals surface area contributed by atoms with Crippen LogP contribution in [0.2, 0.25) is 0 Å². The number of likely N-dealkylation sites (N-methyl/N-ethyl adjacent to an activating group) is 1. The lowest BCUT2D eigenvalue weighted by atomic mass is 10.0. The summed E-state index contributed by atoms with van der Waals surface area (Å²) in [5.41, 5.74) is 5.12. The molecule has 1 saturated heterocycles. The Kier molecular flexibility index (Phi) is 5.39. The van der Waals surface area contributed by atoms with Gasteiger partial charge in [0.25, 0.3) is 0 Å². The van der Waals surface area contributed by atoms with E-state index in [4.69, 9.17) is 10.5 Å². The van der Waals surface area contributed by atoms with Crippen LogP contribution in [-0.4, -0.2) is 59.6 Å². The number of nitrogens with two attached hydrogens (primary N) is 1. The number of carbonyl (C=O) groups is 2. The predicted molar refractivity (Wildman–Crippen MR) is 77.2 cm³/mol. The van der Waals surface area contributed by atoms with E-state index in [-0.39, 0.29) is 18.0 Å². The molecule has 1 aliphatic rings. The van der Waals surface area contributed by atoms with Crippen molar-refractivity contribution >= 4 is 12.0 Å². The zero-order valence-corrected chi connectivity index (χ0v) is 13.2. The minimum absolute atomic E-state index is 0.0127. The second-order valence-corrected chi connectivity index (χ2v) is 6.46. The lowest BCUT2D eigenvalue weighted by Gasteiger charge is -2.38. The van der Waals surface area contributed by atoms with Gasteiger partial charge >= 0.3 is 6.09 Å². The molecule has 0 saturated carbocycles. The molecule has 0 bridgehead atoms. The SMILES string of the molecule is CC(N)C(=O)N1CCCC(N(C)C(=O)OC(C)(C)C)C1. The van der Waals surface area contributed by atoms with E-state index in [9.17, 15) is 9.59 Å². The fourth-order valence-electron chi connectivity index (χ4n) is 2.24. The van der Waals surface area contributed by atoms with Crippen LogP contribution in [-0.2, 0) is 9.53 Å². The first-order chi connectivity index (χ1) is 9.11. The summed E-state index contributed by atoms with van der Waals surface area (Å²) in [7, 11) is 1.72. The monoisotopic (exact) mass is 285 g/mol. The minimum atomic E-state index is -0.513. The molecule has 2 atom stereocenters. The van der Waals surface area contributed by atoms with Gasteiger partial charge in [0, 0.05) is 20.1 Å². The average Bonchev–Trinajstić information content (AvgIpc) is 2.35. The molecule has 2 N–H and O–H groups in total. The van der Waals surface area contributed by atoms with E-state index in [0.717, 1.165) is 12.8 Å². The molecule has 1 fully saturated rings. The second kappa shape index (κ2) is 6.43. The number of nitrogens with zero attached hydrogens (tertiary/aromatic N) is 2. The van der Waals surface area contributed by atoms with E-state index in [1.807, 2.05) is 20.8 Å². The van der Waals surface area contributed by atoms with Gasteiger partial charge in [0.2, 0.25) is 5.91 Å². The van der Waals surface area contributed by atoms with Crippen molar-refractivity contribution < 1.29 is 14.3 Å². The van der Waals surface area contributed by atoms with Crippen LogP contribution >= 0.6 is 0 Å². The van der Waals surface area contributed by atoms with Gasteiger partial charge in [-0.15, -0.1) is 0 Å². The summed E-state index contributed by atoms with van der Waals surface area (Å²) in [6, 6.07) is -0.512. The number of piperidine rings is 1. The van der Waals surface area contributed by atoms with Gasteiger partial charge in [-0.1, -0.05) is 0 Å². The van der Waals surface area contributed by atoms with Crippen LogP contribution in [0.3, 0.4) is 0 Å². The van der Waals surface area contributed by atoms with E-state index in [1.54, 1.807) is 23.8 Å². The molecular weight excluding hydrogens is 258 g/mol. The molecule has 0 aromatic rings. The Labute approximate surface area is 121 Å². The first kappa shape index (κ1) is 16.8. The molecule has 0 aliphatic carbocycles. The quantitative estimate of drug-likeness (QED) is 0.827. The molecule has 6 heteroatoms. The molecule has 2 amide bonds. The van der Waals surface area contributed by atoms with Crippen molar-refractivity contribution in [2.75, 3.05) is 20.1 Å². The standard InChI is InChI=1S/C14H27N3O3/c1-10(15)12(18)17-8-6-7-11(9-17)16(5)13(19)20-14(2,3)4/h10-11H,6-9,15H2,1-5H3. The van der Waals surface area contributed by atoms with E-state index in [0.29, 0.717) is 13.1 Å². The van der Waals surface area contributed by atoms with Gasteiger partial charge in [-0.2, -0.15) is 0 Å². The molecule has 1 rings (SSSR count). The van der Waals surface area contributed by atoms with Crippen LogP contribution in [0.4, 0.5) is 4.79 Å². The van der Waals surface area contributed by atoms with E-state index >= 15 is 0 Å². The highest BCUT2D eigenvalue weighted by Crippen LogP contribution is 2.18. The molecule has 2 unspecified atom stereocenters. The molecule has 0 spiro atoms. The summed E-state index contributed by atoms with van der Waals surface area (Å²) >= 11 is 0. The first-order valence-corrected chi connectivity index (χ1v) is 7.12. The Bertz CT molecular complexity index is 363. The molecule has 20 heavy (non-hydrogen) atoms. The van der Waals surface area contributed by atoms with E-state index in [1.165, 1.54) is 0 Å². The maximum absolute atomic E-state index is 12.0. The highest BCUT2D eigenvalue weighted by atomic mass is 16.6. The number of hydrogen-bond acceptors (Lipinski definition) is 4. The summed E-state index contributed by atoms with van der Waals surface area (Å²) < 4.78 is 5.35. The predicted octanol–water partition coefficient (Wildman–Crippen LogP) is 1.19. The van der Waals surface area contributed by atoms with E-state index in [2.05, 4.69) is 0 Å². The zero-order chi connectivity index (χ0) is 15.5. The number of rotatable bonds is 2. The highest BCUT2D eigenvalue weighted by molar-refractivity contribution is 5.81. The third kappa shape index (κ3) is 4.67. The van der Waals surface area contributed by atoms with Crippen LogP contribution in [0.5, 0.6) is 0 Å². The van der Waals surface area contributed by atoms with Crippen molar-refractivity contribution in [2.24, 2.45) is 5.73 Å². The number of likely N-dealkylation sites (tertiary alicyclic amines) is 1. The lowest BCUT2D eigenvalue weighted by molar-refractivity contribution is -0.134. The van der Waals surface area contributed by atoms with Crippen LogP contribution in [0, 0.1) is 0 Å². The third-order valence-corrected chi connectivity index (χ3v) is 3.33. The zero-order valence-electron chi connectivity index (χ0n) is 13.2. The third-order valence-electron chi connectivity index (χ3n) is 3.33. The number of amides is 2. The minimum Gasteiger partial charge on any atom is -0.444 e. The number of hydrogen-bond donors (Lipinski definition) is 1. The summed E-state index contributed by atoms with van der Waals surface area (Å²) in [5, 5.41) is 0. The summed E-state index contributed by atoms with van der Waals surface area (Å²) in [5.74, 6) is -0.0627. The lowest BCUT2D eigenvalue weighted by Crippen LogP contribution is -2.53. The molecule has 0 aromatic heterocycles. The fraction of sp³-hybridized carbons (Fsp3) is 0.857. The largest absolute Gasteiger partial charge is 0.444 e. The summed E-state index contributed by atoms with van der Waals surface area (Å²) in [6.45, 7) is 8.43. The molecule has 0 aromatic carbocycles. The highest BCUT2D eigenvalue weighted by Gasteiger charge is 2.31. The van der Waals surface area contributed by atoms with Gasteiger partial charge in [-0.05, 0) is 40.5 Å². The Balaban J connectivity index is 2.62. The van der Waals surface area contributed by atoms with Crippen molar-refractivity contribution in [3.8, 4) is 0 Å². The van der Waals surface area contributed by atoms with Crippen LogP contribution in [0.25, 0.3) is 0 Å². The second-order valence-electron chi connectivity index (χ2n) is 6.46. The van der Waals surface area contributed by atoms with Crippen LogP contribution in [0.1, 0.15) is 40.5 Å². The first-order valence-electron chi connectivity index (χ1n) is 7.12. The molecule has 1 aliphatic heterocycles. The molecule has 1 heterocycles. The van der Waals surface area contributed by atoms with Crippen molar-refractivity contribution in [3.05, 3.63) is 0 Å². The van der Waals surface area contributed by atoms with Crippen molar-refractivity contribution in [3.63, 3.8) is 0 Å². The maximum atomic E-state index is 12.0. The van der Waals surface area contributed by atoms with Gasteiger partial charge in [-0.25, -0.2) is 4.79 Å². The molecule has 6 nitrogen and oxygen atoms in total. The topological polar surface area (TPSA) is 75.9 Å². The number of ether oxygens (including phenoxy) is 1. The van der Waals surface area contributed by atoms with Gasteiger partial charge < -0.3 is 20.3 Å². The Morgan fingerprint density at radius 1 is 1.40 bits per heavy atom. The average molecular weight is 285 g/mol. The summed E-state index contributed by atoms with van der Waals surface area (Å²) in [4.78, 5) is 27.3. The normalized spacial score (nSPS) is 21.3. The number of carbonyl (C=O) groups excluding carboxylic acids is 2. The molecule has 0 radical (unpaired) electrons. The van der Waals surface area contributed by atoms with Gasteiger partial charge in [0.1, 0.15) is 5.60 Å². The van der Waals surface area contributed by atoms with Crippen LogP contribution in [0.15, 0.2) is 0 Å². The Hall–Kier alpha value is -1.30. The Morgan fingerprint density at radius 3 is 2.50 bits per heavy atom. The van der Waals surface area contributed by atoms with Crippen molar-refractivity contribution in [1.82, 2.24) is 9.80 Å². The molecule has 116 valence electrons. The van der Waals surface area contributed by atoms with Gasteiger partial charge in [0.05, 0.1) is 12.1 Å². The van der Waals surface area contributed by atoms with Crippen molar-refractivity contribution in [2.45, 2.75) is 58.2 Å². The summed E-state index contributed by atoms with van der Waals surface area (Å²) in [6.07, 6.45) is 1.40. The fourth-order valence-corrected chi connectivity index (χ4v) is 2.24. The molecular formula is C14H27N3O3. The van der Waals surface area contributed by atoms with Gasteiger partial charge in [0.15, 0.2) is 0 Å².